The van der Waals surface area contributed by atoms with Crippen LogP contribution in [0.4, 0.5) is 6.01 Å². The second-order valence-corrected chi connectivity index (χ2v) is 7.01. The highest BCUT2D eigenvalue weighted by atomic mass is 16.5. The normalized spacial score (nSPS) is 19.4. The molecule has 2 atom stereocenters. The van der Waals surface area contributed by atoms with Gasteiger partial charge in [-0.1, -0.05) is 65.8 Å². The summed E-state index contributed by atoms with van der Waals surface area (Å²) in [6.45, 7) is 0.862. The van der Waals surface area contributed by atoms with Gasteiger partial charge in [-0.3, -0.25) is 4.79 Å². The number of hydrogen-bond donors (Lipinski definition) is 2. The zero-order valence-electron chi connectivity index (χ0n) is 15.8. The van der Waals surface area contributed by atoms with Gasteiger partial charge in [0.25, 0.3) is 0 Å². The molecule has 1 aliphatic heterocycles. The van der Waals surface area contributed by atoms with E-state index in [0.717, 1.165) is 11.1 Å². The average Bonchev–Trinajstić information content (AvgIpc) is 3.24. The van der Waals surface area contributed by atoms with Crippen molar-refractivity contribution in [2.75, 3.05) is 18.0 Å². The first kappa shape index (κ1) is 18.9. The third-order valence-corrected chi connectivity index (χ3v) is 4.72. The summed E-state index contributed by atoms with van der Waals surface area (Å²) in [5, 5.41) is 17.2. The number of hydrogen-bond acceptors (Lipinski definition) is 6. The molecule has 1 aliphatic rings. The molecule has 2 aromatic carbocycles. The number of amides is 1. The number of benzene rings is 2. The Bertz CT molecular complexity index is 972. The molecule has 1 aromatic heterocycles. The molecule has 29 heavy (non-hydrogen) atoms. The Balaban J connectivity index is 1.40. The van der Waals surface area contributed by atoms with Crippen molar-refractivity contribution in [3.05, 3.63) is 72.3 Å². The fourth-order valence-electron chi connectivity index (χ4n) is 3.37. The minimum absolute atomic E-state index is 0.205. The van der Waals surface area contributed by atoms with E-state index in [9.17, 15) is 9.90 Å². The molecule has 0 bridgehead atoms. The number of carbonyl (C=O) groups is 1. The van der Waals surface area contributed by atoms with Crippen molar-refractivity contribution in [1.82, 2.24) is 15.5 Å². The predicted octanol–water partition coefficient (Wildman–Crippen LogP) is 2.51. The summed E-state index contributed by atoms with van der Waals surface area (Å²) in [6, 6.07) is 19.3. The number of anilines is 1. The lowest BCUT2D eigenvalue weighted by Crippen LogP contribution is -2.52. The summed E-state index contributed by atoms with van der Waals surface area (Å²) in [4.78, 5) is 18.5. The van der Waals surface area contributed by atoms with Gasteiger partial charge in [0.15, 0.2) is 0 Å². The molecule has 2 heterocycles. The molecule has 148 valence electrons. The Morgan fingerprint density at radius 1 is 1.10 bits per heavy atom. The summed E-state index contributed by atoms with van der Waals surface area (Å²) < 4.78 is 5.39. The third-order valence-electron chi connectivity index (χ3n) is 4.72. The molecule has 0 saturated carbocycles. The topological polar surface area (TPSA) is 91.5 Å². The molecule has 3 aromatic rings. The lowest BCUT2D eigenvalue weighted by molar-refractivity contribution is -0.117. The van der Waals surface area contributed by atoms with Gasteiger partial charge >= 0.3 is 6.01 Å². The molecule has 0 spiro atoms. The van der Waals surface area contributed by atoms with Crippen LogP contribution in [0.15, 0.2) is 71.3 Å². The van der Waals surface area contributed by atoms with Crippen LogP contribution in [0.3, 0.4) is 0 Å². The highest BCUT2D eigenvalue weighted by Crippen LogP contribution is 2.22. The number of rotatable bonds is 5. The number of nitrogens with one attached hydrogen (secondary N) is 1. The maximum Gasteiger partial charge on any atom is 0.324 e. The van der Waals surface area contributed by atoms with Crippen LogP contribution in [0, 0.1) is 0 Å². The molecule has 1 saturated heterocycles. The van der Waals surface area contributed by atoms with Crippen LogP contribution >= 0.6 is 0 Å². The molecule has 1 fully saturated rings. The molecule has 2 N–H and O–H groups in total. The number of β-amino-alcohol motifs (C(OH)–C–C–N with tert-alkyl or cyclic N) is 1. The SMILES string of the molecule is O=C(/C=C/c1ccccc1)N[C@H]1C[C@@H](O)CN(c2nc(-c3ccccc3)no2)C1. The highest BCUT2D eigenvalue weighted by Gasteiger charge is 2.29. The van der Waals surface area contributed by atoms with Gasteiger partial charge in [0.1, 0.15) is 0 Å². The van der Waals surface area contributed by atoms with E-state index in [-0.39, 0.29) is 11.9 Å². The average molecular weight is 390 g/mol. The van der Waals surface area contributed by atoms with E-state index in [2.05, 4.69) is 15.5 Å². The first-order chi connectivity index (χ1) is 14.2. The molecular weight excluding hydrogens is 368 g/mol. The number of carbonyl (C=O) groups excluding carboxylic acids is 1. The molecule has 0 radical (unpaired) electrons. The fourth-order valence-corrected chi connectivity index (χ4v) is 3.37. The number of aliphatic hydroxyl groups excluding tert-OH is 1. The van der Waals surface area contributed by atoms with E-state index in [1.54, 1.807) is 11.0 Å². The summed E-state index contributed by atoms with van der Waals surface area (Å²) >= 11 is 0. The quantitative estimate of drug-likeness (QED) is 0.651. The van der Waals surface area contributed by atoms with Gasteiger partial charge in [0.05, 0.1) is 6.10 Å². The Hall–Kier alpha value is -3.45. The third kappa shape index (κ3) is 4.89. The van der Waals surface area contributed by atoms with Crippen LogP contribution in [0.5, 0.6) is 0 Å². The first-order valence-corrected chi connectivity index (χ1v) is 9.53. The van der Waals surface area contributed by atoms with E-state index in [0.29, 0.717) is 31.3 Å². The Labute approximate surface area is 168 Å². The second kappa shape index (κ2) is 8.70. The fraction of sp³-hybridized carbons (Fsp3) is 0.227. The minimum atomic E-state index is -0.598. The zero-order chi connectivity index (χ0) is 20.1. The number of piperidine rings is 1. The van der Waals surface area contributed by atoms with E-state index >= 15 is 0 Å². The smallest absolute Gasteiger partial charge is 0.324 e. The Morgan fingerprint density at radius 2 is 1.83 bits per heavy atom. The standard InChI is InChI=1S/C22H22N4O3/c27-19-13-18(23-20(28)12-11-16-7-3-1-4-8-16)14-26(15-19)22-24-21(25-29-22)17-9-5-2-6-10-17/h1-12,18-19,27H,13-15H2,(H,23,28)/b12-11+/t18-,19+/m0/s1. The van der Waals surface area contributed by atoms with Gasteiger partial charge in [-0.05, 0) is 18.1 Å². The van der Waals surface area contributed by atoms with Gasteiger partial charge in [0.2, 0.25) is 11.7 Å². The summed E-state index contributed by atoms with van der Waals surface area (Å²) in [7, 11) is 0. The predicted molar refractivity (Wildman–Crippen MR) is 110 cm³/mol. The van der Waals surface area contributed by atoms with Crippen LogP contribution < -0.4 is 10.2 Å². The van der Waals surface area contributed by atoms with Crippen LogP contribution in [0.25, 0.3) is 17.5 Å². The second-order valence-electron chi connectivity index (χ2n) is 7.01. The highest BCUT2D eigenvalue weighted by molar-refractivity contribution is 5.91. The number of aliphatic hydroxyl groups is 1. The van der Waals surface area contributed by atoms with Crippen molar-refractivity contribution in [2.24, 2.45) is 0 Å². The largest absolute Gasteiger partial charge is 0.391 e. The van der Waals surface area contributed by atoms with E-state index in [4.69, 9.17) is 4.52 Å². The monoisotopic (exact) mass is 390 g/mol. The lowest BCUT2D eigenvalue weighted by atomic mass is 10.0. The maximum absolute atomic E-state index is 12.3. The summed E-state index contributed by atoms with van der Waals surface area (Å²) in [6.07, 6.45) is 3.14. The van der Waals surface area contributed by atoms with Crippen molar-refractivity contribution in [2.45, 2.75) is 18.6 Å². The van der Waals surface area contributed by atoms with E-state index in [1.165, 1.54) is 6.08 Å². The van der Waals surface area contributed by atoms with Crippen molar-refractivity contribution in [3.63, 3.8) is 0 Å². The van der Waals surface area contributed by atoms with E-state index < -0.39 is 6.10 Å². The van der Waals surface area contributed by atoms with Gasteiger partial charge in [-0.15, -0.1) is 0 Å². The molecule has 4 rings (SSSR count). The molecule has 0 unspecified atom stereocenters. The molecule has 0 aliphatic carbocycles. The number of aromatic nitrogens is 2. The number of nitrogens with zero attached hydrogens (tertiary/aromatic N) is 3. The van der Waals surface area contributed by atoms with Gasteiger partial charge < -0.3 is 19.8 Å². The van der Waals surface area contributed by atoms with Gasteiger partial charge in [-0.25, -0.2) is 0 Å². The van der Waals surface area contributed by atoms with Gasteiger partial charge in [-0.2, -0.15) is 4.98 Å². The van der Waals surface area contributed by atoms with Gasteiger partial charge in [0, 0.05) is 30.8 Å². The first-order valence-electron chi connectivity index (χ1n) is 9.53. The Morgan fingerprint density at radius 3 is 2.59 bits per heavy atom. The van der Waals surface area contributed by atoms with E-state index in [1.807, 2.05) is 60.7 Å². The molecular formula is C22H22N4O3. The van der Waals surface area contributed by atoms with Crippen molar-refractivity contribution < 1.29 is 14.4 Å². The summed E-state index contributed by atoms with van der Waals surface area (Å²) in [5.74, 6) is 0.287. The molecule has 1 amide bonds. The summed E-state index contributed by atoms with van der Waals surface area (Å²) in [5.41, 5.74) is 1.81. The van der Waals surface area contributed by atoms with Crippen LogP contribution in [0.1, 0.15) is 12.0 Å². The van der Waals surface area contributed by atoms with Crippen molar-refractivity contribution in [3.8, 4) is 11.4 Å². The zero-order valence-corrected chi connectivity index (χ0v) is 15.8. The Kier molecular flexibility index (Phi) is 5.67. The molecule has 7 heteroatoms. The maximum atomic E-state index is 12.3. The van der Waals surface area contributed by atoms with Crippen molar-refractivity contribution >= 4 is 18.0 Å². The van der Waals surface area contributed by atoms with Crippen LogP contribution in [0.2, 0.25) is 0 Å². The molecule has 7 nitrogen and oxygen atoms in total. The van der Waals surface area contributed by atoms with Crippen LogP contribution in [-0.2, 0) is 4.79 Å². The van der Waals surface area contributed by atoms with Crippen molar-refractivity contribution in [1.29, 1.82) is 0 Å². The lowest BCUT2D eigenvalue weighted by Gasteiger charge is -2.34. The minimum Gasteiger partial charge on any atom is -0.391 e. The van der Waals surface area contributed by atoms with Crippen LogP contribution in [-0.4, -0.2) is 46.4 Å².